The molecular formula is C17H15F3O3. The first-order valence-electron chi connectivity index (χ1n) is 6.82. The molecule has 2 aromatic rings. The van der Waals surface area contributed by atoms with E-state index in [9.17, 15) is 18.0 Å². The smallest absolute Gasteiger partial charge is 0.416 e. The molecule has 0 N–H and O–H groups in total. The monoisotopic (exact) mass is 324 g/mol. The molecule has 0 amide bonds. The highest BCUT2D eigenvalue weighted by atomic mass is 19.4. The van der Waals surface area contributed by atoms with Crippen molar-refractivity contribution in [2.24, 2.45) is 0 Å². The number of benzene rings is 2. The molecule has 3 nitrogen and oxygen atoms in total. The molecule has 2 rings (SSSR count). The van der Waals surface area contributed by atoms with Crippen LogP contribution in [0.1, 0.15) is 22.8 Å². The zero-order chi connectivity index (χ0) is 16.9. The lowest BCUT2D eigenvalue weighted by molar-refractivity contribution is -0.155. The SMILES string of the molecule is COC(=O)C(OCc1cccc(C(F)(F)F)c1)c1ccccc1. The second-order valence-electron chi connectivity index (χ2n) is 4.82. The number of hydrogen-bond acceptors (Lipinski definition) is 3. The Hall–Kier alpha value is -2.34. The first-order valence-corrected chi connectivity index (χ1v) is 6.82. The van der Waals surface area contributed by atoms with Crippen molar-refractivity contribution in [3.05, 3.63) is 71.3 Å². The molecule has 0 aliphatic heterocycles. The fraction of sp³-hybridized carbons (Fsp3) is 0.235. The van der Waals surface area contributed by atoms with Gasteiger partial charge < -0.3 is 9.47 Å². The number of methoxy groups -OCH3 is 1. The molecule has 2 aromatic carbocycles. The average Bonchev–Trinajstić information content (AvgIpc) is 2.55. The Morgan fingerprint density at radius 3 is 2.39 bits per heavy atom. The van der Waals surface area contributed by atoms with Crippen molar-refractivity contribution in [2.45, 2.75) is 18.9 Å². The zero-order valence-corrected chi connectivity index (χ0v) is 12.3. The number of alkyl halides is 3. The third-order valence-electron chi connectivity index (χ3n) is 3.19. The van der Waals surface area contributed by atoms with Gasteiger partial charge in [0.2, 0.25) is 0 Å². The largest absolute Gasteiger partial charge is 0.467 e. The van der Waals surface area contributed by atoms with E-state index >= 15 is 0 Å². The van der Waals surface area contributed by atoms with E-state index in [4.69, 9.17) is 4.74 Å². The highest BCUT2D eigenvalue weighted by molar-refractivity contribution is 5.76. The van der Waals surface area contributed by atoms with Crippen LogP contribution in [0.25, 0.3) is 0 Å². The van der Waals surface area contributed by atoms with Gasteiger partial charge in [-0.2, -0.15) is 13.2 Å². The number of ether oxygens (including phenoxy) is 2. The highest BCUT2D eigenvalue weighted by Gasteiger charge is 2.30. The van der Waals surface area contributed by atoms with Crippen LogP contribution >= 0.6 is 0 Å². The van der Waals surface area contributed by atoms with E-state index in [0.717, 1.165) is 12.1 Å². The maximum Gasteiger partial charge on any atom is 0.416 e. The van der Waals surface area contributed by atoms with Crippen LogP contribution in [0.5, 0.6) is 0 Å². The van der Waals surface area contributed by atoms with Crippen molar-refractivity contribution in [1.29, 1.82) is 0 Å². The summed E-state index contributed by atoms with van der Waals surface area (Å²) in [6.45, 7) is -0.140. The molecule has 6 heteroatoms. The van der Waals surface area contributed by atoms with Gasteiger partial charge in [0.25, 0.3) is 0 Å². The van der Waals surface area contributed by atoms with Crippen molar-refractivity contribution >= 4 is 5.97 Å². The molecular weight excluding hydrogens is 309 g/mol. The third-order valence-corrected chi connectivity index (χ3v) is 3.19. The van der Waals surface area contributed by atoms with Crippen molar-refractivity contribution in [1.82, 2.24) is 0 Å². The molecule has 0 spiro atoms. The van der Waals surface area contributed by atoms with Crippen LogP contribution in [0.3, 0.4) is 0 Å². The minimum atomic E-state index is -4.42. The van der Waals surface area contributed by atoms with Crippen molar-refractivity contribution in [3.63, 3.8) is 0 Å². The summed E-state index contributed by atoms with van der Waals surface area (Å²) < 4.78 is 48.3. The summed E-state index contributed by atoms with van der Waals surface area (Å²) in [6.07, 6.45) is -5.41. The lowest BCUT2D eigenvalue weighted by Crippen LogP contribution is -2.17. The lowest BCUT2D eigenvalue weighted by Gasteiger charge is -2.16. The van der Waals surface area contributed by atoms with Gasteiger partial charge in [0.15, 0.2) is 6.10 Å². The lowest BCUT2D eigenvalue weighted by atomic mass is 10.1. The number of esters is 1. The summed E-state index contributed by atoms with van der Waals surface area (Å²) in [4.78, 5) is 11.8. The zero-order valence-electron chi connectivity index (χ0n) is 12.3. The van der Waals surface area contributed by atoms with E-state index in [0.29, 0.717) is 11.1 Å². The van der Waals surface area contributed by atoms with Crippen molar-refractivity contribution in [2.75, 3.05) is 7.11 Å². The number of hydrogen-bond donors (Lipinski definition) is 0. The molecule has 0 aliphatic rings. The van der Waals surface area contributed by atoms with Gasteiger partial charge in [-0.3, -0.25) is 0 Å². The van der Waals surface area contributed by atoms with Crippen LogP contribution in [-0.4, -0.2) is 13.1 Å². The van der Waals surface area contributed by atoms with Crippen LogP contribution in [0, 0.1) is 0 Å². The van der Waals surface area contributed by atoms with Gasteiger partial charge >= 0.3 is 12.1 Å². The van der Waals surface area contributed by atoms with Gasteiger partial charge in [-0.05, 0) is 23.3 Å². The molecule has 0 aromatic heterocycles. The second-order valence-corrected chi connectivity index (χ2v) is 4.82. The Morgan fingerprint density at radius 2 is 1.78 bits per heavy atom. The number of carbonyl (C=O) groups excluding carboxylic acids is 1. The van der Waals surface area contributed by atoms with Crippen molar-refractivity contribution in [3.8, 4) is 0 Å². The Morgan fingerprint density at radius 1 is 1.09 bits per heavy atom. The fourth-order valence-electron chi connectivity index (χ4n) is 2.05. The highest BCUT2D eigenvalue weighted by Crippen LogP contribution is 2.30. The second kappa shape index (κ2) is 7.28. The van der Waals surface area contributed by atoms with Crippen LogP contribution in [0.2, 0.25) is 0 Å². The van der Waals surface area contributed by atoms with E-state index in [2.05, 4.69) is 4.74 Å². The van der Waals surface area contributed by atoms with Crippen LogP contribution < -0.4 is 0 Å². The third kappa shape index (κ3) is 4.56. The predicted molar refractivity (Wildman–Crippen MR) is 77.4 cm³/mol. The minimum absolute atomic E-state index is 0.140. The van der Waals surface area contributed by atoms with E-state index in [1.807, 2.05) is 0 Å². The quantitative estimate of drug-likeness (QED) is 0.776. The van der Waals surface area contributed by atoms with Gasteiger partial charge in [-0.15, -0.1) is 0 Å². The molecule has 0 bridgehead atoms. The number of rotatable bonds is 5. The predicted octanol–water partition coefficient (Wildman–Crippen LogP) is 4.14. The Bertz CT molecular complexity index is 654. The standard InChI is InChI=1S/C17H15F3O3/c1-22-16(21)15(13-7-3-2-4-8-13)23-11-12-6-5-9-14(10-12)17(18,19)20/h2-10,15H,11H2,1H3. The maximum atomic E-state index is 12.7. The molecule has 122 valence electrons. The average molecular weight is 324 g/mol. The van der Waals surface area contributed by atoms with Gasteiger partial charge in [-0.1, -0.05) is 42.5 Å². The first-order chi connectivity index (χ1) is 10.9. The molecule has 0 aliphatic carbocycles. The Kier molecular flexibility index (Phi) is 5.39. The maximum absolute atomic E-state index is 12.7. The summed E-state index contributed by atoms with van der Waals surface area (Å²) in [5, 5.41) is 0. The summed E-state index contributed by atoms with van der Waals surface area (Å²) in [6, 6.07) is 13.4. The van der Waals surface area contributed by atoms with Gasteiger partial charge in [0, 0.05) is 0 Å². The molecule has 0 saturated heterocycles. The van der Waals surface area contributed by atoms with E-state index < -0.39 is 23.8 Å². The van der Waals surface area contributed by atoms with Crippen LogP contribution in [0.4, 0.5) is 13.2 Å². The van der Waals surface area contributed by atoms with E-state index in [-0.39, 0.29) is 6.61 Å². The summed E-state index contributed by atoms with van der Waals surface area (Å²) in [5.41, 5.74) is 0.143. The number of carbonyl (C=O) groups is 1. The minimum Gasteiger partial charge on any atom is -0.467 e. The summed E-state index contributed by atoms with van der Waals surface area (Å²) >= 11 is 0. The molecule has 0 radical (unpaired) electrons. The normalized spacial score (nSPS) is 12.7. The molecule has 0 saturated carbocycles. The van der Waals surface area contributed by atoms with Crippen molar-refractivity contribution < 1.29 is 27.4 Å². The molecule has 1 atom stereocenters. The van der Waals surface area contributed by atoms with Gasteiger partial charge in [-0.25, -0.2) is 4.79 Å². The van der Waals surface area contributed by atoms with Crippen LogP contribution in [-0.2, 0) is 27.1 Å². The molecule has 0 heterocycles. The Balaban J connectivity index is 2.15. The van der Waals surface area contributed by atoms with Gasteiger partial charge in [0.1, 0.15) is 0 Å². The fourth-order valence-corrected chi connectivity index (χ4v) is 2.05. The molecule has 1 unspecified atom stereocenters. The van der Waals surface area contributed by atoms with E-state index in [1.165, 1.54) is 19.2 Å². The topological polar surface area (TPSA) is 35.5 Å². The molecule has 0 fully saturated rings. The summed E-state index contributed by atoms with van der Waals surface area (Å²) in [5.74, 6) is -0.608. The summed E-state index contributed by atoms with van der Waals surface area (Å²) in [7, 11) is 1.23. The van der Waals surface area contributed by atoms with Crippen LogP contribution in [0.15, 0.2) is 54.6 Å². The Labute approximate surface area is 131 Å². The molecule has 23 heavy (non-hydrogen) atoms. The van der Waals surface area contributed by atoms with Gasteiger partial charge in [0.05, 0.1) is 19.3 Å². The first kappa shape index (κ1) is 17.0. The number of halogens is 3. The van der Waals surface area contributed by atoms with E-state index in [1.54, 1.807) is 30.3 Å².